The third kappa shape index (κ3) is 3.69. The lowest BCUT2D eigenvalue weighted by atomic mass is 9.95. The van der Waals surface area contributed by atoms with Crippen LogP contribution < -0.4 is 5.73 Å². The van der Waals surface area contributed by atoms with Crippen molar-refractivity contribution in [1.29, 1.82) is 0 Å². The molecular formula is C15H30N2. The smallest absolute Gasteiger partial charge is 0.00954 e. The van der Waals surface area contributed by atoms with Crippen LogP contribution in [-0.2, 0) is 0 Å². The molecule has 17 heavy (non-hydrogen) atoms. The zero-order valence-electron chi connectivity index (χ0n) is 11.5. The highest BCUT2D eigenvalue weighted by Gasteiger charge is 2.29. The summed E-state index contributed by atoms with van der Waals surface area (Å²) in [4.78, 5) is 2.74. The van der Waals surface area contributed by atoms with E-state index in [4.69, 9.17) is 5.73 Å². The lowest BCUT2D eigenvalue weighted by Crippen LogP contribution is -2.33. The van der Waals surface area contributed by atoms with Gasteiger partial charge in [-0.15, -0.1) is 0 Å². The number of hydrogen-bond donors (Lipinski definition) is 1. The fraction of sp³-hybridized carbons (Fsp3) is 1.00. The molecule has 0 spiro atoms. The van der Waals surface area contributed by atoms with Crippen molar-refractivity contribution in [3.8, 4) is 0 Å². The van der Waals surface area contributed by atoms with Gasteiger partial charge in [0, 0.05) is 12.6 Å². The molecule has 0 aromatic carbocycles. The largest absolute Gasteiger partial charge is 0.330 e. The van der Waals surface area contributed by atoms with E-state index in [-0.39, 0.29) is 0 Å². The summed E-state index contributed by atoms with van der Waals surface area (Å²) in [6.07, 6.45) is 11.5. The van der Waals surface area contributed by atoms with Crippen molar-refractivity contribution < 1.29 is 0 Å². The predicted octanol–water partition coefficient (Wildman–Crippen LogP) is 3.02. The van der Waals surface area contributed by atoms with Crippen LogP contribution in [0.15, 0.2) is 0 Å². The minimum Gasteiger partial charge on any atom is -0.330 e. The van der Waals surface area contributed by atoms with Crippen LogP contribution in [0, 0.1) is 11.8 Å². The molecule has 2 aliphatic rings. The Hall–Kier alpha value is -0.0800. The molecular weight excluding hydrogens is 208 g/mol. The van der Waals surface area contributed by atoms with Crippen molar-refractivity contribution in [2.24, 2.45) is 17.6 Å². The van der Waals surface area contributed by atoms with Crippen LogP contribution in [0.1, 0.15) is 58.3 Å². The van der Waals surface area contributed by atoms with Crippen LogP contribution in [0.5, 0.6) is 0 Å². The number of nitrogens with zero attached hydrogens (tertiary/aromatic N) is 1. The van der Waals surface area contributed by atoms with Crippen molar-refractivity contribution >= 4 is 0 Å². The van der Waals surface area contributed by atoms with E-state index in [9.17, 15) is 0 Å². The summed E-state index contributed by atoms with van der Waals surface area (Å²) in [7, 11) is 0. The molecule has 1 aliphatic heterocycles. The van der Waals surface area contributed by atoms with Crippen LogP contribution in [-0.4, -0.2) is 30.6 Å². The first kappa shape index (κ1) is 13.4. The Labute approximate surface area is 107 Å². The first-order chi connectivity index (χ1) is 8.33. The monoisotopic (exact) mass is 238 g/mol. The topological polar surface area (TPSA) is 29.3 Å². The average molecular weight is 238 g/mol. The Balaban J connectivity index is 1.78. The summed E-state index contributed by atoms with van der Waals surface area (Å²) in [5.74, 6) is 1.81. The van der Waals surface area contributed by atoms with Crippen molar-refractivity contribution in [2.45, 2.75) is 64.3 Å². The standard InChI is InChI=1S/C15H30N2/c1-2-4-13-5-3-6-15(8-7-13)17-10-9-14(11-16)12-17/h13-15H,2-12,16H2,1H3. The molecule has 3 atom stereocenters. The Morgan fingerprint density at radius 3 is 2.65 bits per heavy atom. The van der Waals surface area contributed by atoms with E-state index >= 15 is 0 Å². The summed E-state index contributed by atoms with van der Waals surface area (Å²) < 4.78 is 0. The maximum atomic E-state index is 5.79. The normalized spacial score (nSPS) is 36.0. The van der Waals surface area contributed by atoms with Gasteiger partial charge in [0.05, 0.1) is 0 Å². The predicted molar refractivity (Wildman–Crippen MR) is 74.0 cm³/mol. The maximum absolute atomic E-state index is 5.79. The fourth-order valence-electron chi connectivity index (χ4n) is 3.81. The lowest BCUT2D eigenvalue weighted by Gasteiger charge is -2.26. The minimum absolute atomic E-state index is 0.782. The highest BCUT2D eigenvalue weighted by molar-refractivity contribution is 4.84. The number of nitrogens with two attached hydrogens (primary N) is 1. The van der Waals surface area contributed by atoms with Crippen LogP contribution in [0.3, 0.4) is 0 Å². The van der Waals surface area contributed by atoms with Crippen LogP contribution in [0.4, 0.5) is 0 Å². The van der Waals surface area contributed by atoms with E-state index in [1.165, 1.54) is 64.5 Å². The van der Waals surface area contributed by atoms with Gasteiger partial charge in [-0.2, -0.15) is 0 Å². The maximum Gasteiger partial charge on any atom is 0.00954 e. The molecule has 0 aromatic heterocycles. The molecule has 1 aliphatic carbocycles. The van der Waals surface area contributed by atoms with Crippen LogP contribution in [0.2, 0.25) is 0 Å². The van der Waals surface area contributed by atoms with E-state index in [0.717, 1.165) is 24.4 Å². The summed E-state index contributed by atoms with van der Waals surface area (Å²) in [6, 6.07) is 0.883. The summed E-state index contributed by atoms with van der Waals surface area (Å²) in [5.41, 5.74) is 5.79. The third-order valence-corrected chi connectivity index (χ3v) is 4.92. The van der Waals surface area contributed by atoms with Crippen molar-refractivity contribution in [2.75, 3.05) is 19.6 Å². The van der Waals surface area contributed by atoms with Crippen molar-refractivity contribution in [1.82, 2.24) is 4.90 Å². The first-order valence-corrected chi connectivity index (χ1v) is 7.77. The molecule has 0 bridgehead atoms. The van der Waals surface area contributed by atoms with Gasteiger partial charge in [-0.25, -0.2) is 0 Å². The second-order valence-electron chi connectivity index (χ2n) is 6.20. The Bertz CT molecular complexity index is 217. The van der Waals surface area contributed by atoms with Crippen LogP contribution in [0.25, 0.3) is 0 Å². The zero-order valence-corrected chi connectivity index (χ0v) is 11.5. The molecule has 2 N–H and O–H groups in total. The molecule has 2 fully saturated rings. The van der Waals surface area contributed by atoms with Crippen LogP contribution >= 0.6 is 0 Å². The molecule has 1 saturated carbocycles. The van der Waals surface area contributed by atoms with Crippen molar-refractivity contribution in [3.63, 3.8) is 0 Å². The second kappa shape index (κ2) is 6.75. The molecule has 3 unspecified atom stereocenters. The average Bonchev–Trinajstić information content (AvgIpc) is 2.70. The van der Waals surface area contributed by atoms with Gasteiger partial charge in [-0.05, 0) is 50.6 Å². The van der Waals surface area contributed by atoms with Crippen molar-refractivity contribution in [3.05, 3.63) is 0 Å². The molecule has 2 nitrogen and oxygen atoms in total. The highest BCUT2D eigenvalue weighted by Crippen LogP contribution is 2.31. The van der Waals surface area contributed by atoms with Gasteiger partial charge in [0.25, 0.3) is 0 Å². The van der Waals surface area contributed by atoms with Gasteiger partial charge in [0.2, 0.25) is 0 Å². The third-order valence-electron chi connectivity index (χ3n) is 4.92. The number of hydrogen-bond acceptors (Lipinski definition) is 2. The van der Waals surface area contributed by atoms with E-state index in [1.807, 2.05) is 0 Å². The zero-order chi connectivity index (χ0) is 12.1. The van der Waals surface area contributed by atoms with E-state index in [2.05, 4.69) is 11.8 Å². The highest BCUT2D eigenvalue weighted by atomic mass is 15.2. The molecule has 0 aromatic rings. The van der Waals surface area contributed by atoms with Gasteiger partial charge in [-0.1, -0.05) is 32.6 Å². The Kier molecular flexibility index (Phi) is 5.30. The Morgan fingerprint density at radius 2 is 1.94 bits per heavy atom. The van der Waals surface area contributed by atoms with Gasteiger partial charge < -0.3 is 10.6 Å². The molecule has 1 heterocycles. The minimum atomic E-state index is 0.782. The lowest BCUT2D eigenvalue weighted by molar-refractivity contribution is 0.212. The number of likely N-dealkylation sites (tertiary alicyclic amines) is 1. The van der Waals surface area contributed by atoms with Gasteiger partial charge >= 0.3 is 0 Å². The van der Waals surface area contributed by atoms with Gasteiger partial charge in [-0.3, -0.25) is 0 Å². The first-order valence-electron chi connectivity index (χ1n) is 7.77. The molecule has 0 amide bonds. The summed E-state index contributed by atoms with van der Waals surface area (Å²) in [5, 5.41) is 0. The molecule has 100 valence electrons. The summed E-state index contributed by atoms with van der Waals surface area (Å²) in [6.45, 7) is 5.81. The summed E-state index contributed by atoms with van der Waals surface area (Å²) >= 11 is 0. The van der Waals surface area contributed by atoms with E-state index < -0.39 is 0 Å². The Morgan fingerprint density at radius 1 is 1.06 bits per heavy atom. The molecule has 2 rings (SSSR count). The SMILES string of the molecule is CCCC1CCCC(N2CCC(CN)C2)CC1. The quantitative estimate of drug-likeness (QED) is 0.763. The van der Waals surface area contributed by atoms with Gasteiger partial charge in [0.15, 0.2) is 0 Å². The second-order valence-corrected chi connectivity index (χ2v) is 6.20. The molecule has 1 saturated heterocycles. The van der Waals surface area contributed by atoms with Gasteiger partial charge in [0.1, 0.15) is 0 Å². The molecule has 2 heteroatoms. The fourth-order valence-corrected chi connectivity index (χ4v) is 3.81. The molecule has 0 radical (unpaired) electrons. The van der Waals surface area contributed by atoms with E-state index in [0.29, 0.717) is 0 Å². The van der Waals surface area contributed by atoms with E-state index in [1.54, 1.807) is 0 Å². The number of rotatable bonds is 4.